The van der Waals surface area contributed by atoms with Crippen molar-refractivity contribution in [3.63, 3.8) is 0 Å². The van der Waals surface area contributed by atoms with Gasteiger partial charge in [-0.05, 0) is 91.4 Å². The van der Waals surface area contributed by atoms with E-state index in [9.17, 15) is 5.11 Å². The first-order valence-corrected chi connectivity index (χ1v) is 9.65. The van der Waals surface area contributed by atoms with Gasteiger partial charge in [-0.15, -0.1) is 0 Å². The Morgan fingerprint density at radius 2 is 1.84 bits per heavy atom. The largest absolute Gasteiger partial charge is 0.493 e. The number of ether oxygens (including phenoxy) is 1. The second-order valence-corrected chi connectivity index (χ2v) is 8.19. The van der Waals surface area contributed by atoms with Crippen LogP contribution in [0.3, 0.4) is 0 Å². The van der Waals surface area contributed by atoms with E-state index >= 15 is 0 Å². The molecule has 0 radical (unpaired) electrons. The van der Waals surface area contributed by atoms with Gasteiger partial charge in [0.25, 0.3) is 0 Å². The Kier molecular flexibility index (Phi) is 7.56. The SMILES string of the molecule is CN(C)CCCC1CCOc2cc(Cl)ccc2C1(O)CCCN(C)C. The summed E-state index contributed by atoms with van der Waals surface area (Å²) < 4.78 is 5.94. The van der Waals surface area contributed by atoms with Gasteiger partial charge >= 0.3 is 0 Å². The quantitative estimate of drug-likeness (QED) is 0.760. The molecule has 1 aliphatic rings. The van der Waals surface area contributed by atoms with E-state index in [0.29, 0.717) is 11.6 Å². The standard InChI is InChI=1S/C20H33ClN2O2/c1-22(2)12-5-7-16-10-14-25-19-15-17(21)8-9-18(19)20(16,24)11-6-13-23(3)4/h8-9,15-16,24H,5-7,10-14H2,1-4H3. The zero-order valence-corrected chi connectivity index (χ0v) is 16.9. The van der Waals surface area contributed by atoms with Crippen LogP contribution >= 0.6 is 11.6 Å². The van der Waals surface area contributed by atoms with Gasteiger partial charge < -0.3 is 19.6 Å². The van der Waals surface area contributed by atoms with Gasteiger partial charge in [-0.1, -0.05) is 17.7 Å². The fraction of sp³-hybridized carbons (Fsp3) is 0.700. The third-order valence-corrected chi connectivity index (χ3v) is 5.37. The van der Waals surface area contributed by atoms with E-state index in [-0.39, 0.29) is 5.92 Å². The topological polar surface area (TPSA) is 35.9 Å². The molecule has 2 atom stereocenters. The molecule has 0 aromatic heterocycles. The summed E-state index contributed by atoms with van der Waals surface area (Å²) in [5.74, 6) is 0.951. The molecular weight excluding hydrogens is 336 g/mol. The number of rotatable bonds is 8. The van der Waals surface area contributed by atoms with Gasteiger partial charge in [0.1, 0.15) is 5.75 Å². The van der Waals surface area contributed by atoms with E-state index in [1.165, 1.54) is 0 Å². The van der Waals surface area contributed by atoms with Gasteiger partial charge in [0.2, 0.25) is 0 Å². The average Bonchev–Trinajstić information content (AvgIpc) is 2.64. The van der Waals surface area contributed by atoms with Crippen molar-refractivity contribution in [3.8, 4) is 5.75 Å². The van der Waals surface area contributed by atoms with Crippen LogP contribution in [0, 0.1) is 5.92 Å². The van der Waals surface area contributed by atoms with Gasteiger partial charge in [0.15, 0.2) is 0 Å². The highest BCUT2D eigenvalue weighted by atomic mass is 35.5. The van der Waals surface area contributed by atoms with Crippen LogP contribution in [0.5, 0.6) is 5.75 Å². The predicted molar refractivity (Wildman–Crippen MR) is 105 cm³/mol. The van der Waals surface area contributed by atoms with Crippen LogP contribution in [0.25, 0.3) is 0 Å². The monoisotopic (exact) mass is 368 g/mol. The Balaban J connectivity index is 2.25. The predicted octanol–water partition coefficient (Wildman–Crippen LogP) is 3.61. The van der Waals surface area contributed by atoms with Crippen LogP contribution < -0.4 is 4.74 Å². The molecular formula is C20H33ClN2O2. The lowest BCUT2D eigenvalue weighted by Crippen LogP contribution is -2.36. The Morgan fingerprint density at radius 1 is 1.16 bits per heavy atom. The lowest BCUT2D eigenvalue weighted by Gasteiger charge is -2.36. The first-order valence-electron chi connectivity index (χ1n) is 9.27. The summed E-state index contributed by atoms with van der Waals surface area (Å²) in [5.41, 5.74) is 0.0571. The molecule has 0 aliphatic carbocycles. The fourth-order valence-electron chi connectivity index (χ4n) is 3.78. The zero-order valence-electron chi connectivity index (χ0n) is 16.1. The second-order valence-electron chi connectivity index (χ2n) is 7.75. The van der Waals surface area contributed by atoms with Crippen molar-refractivity contribution >= 4 is 11.6 Å². The number of halogens is 1. The molecule has 1 N–H and O–H groups in total. The average molecular weight is 369 g/mol. The van der Waals surface area contributed by atoms with Gasteiger partial charge in [0.05, 0.1) is 12.2 Å². The van der Waals surface area contributed by atoms with Gasteiger partial charge in [0, 0.05) is 10.6 Å². The van der Waals surface area contributed by atoms with Gasteiger partial charge in [-0.2, -0.15) is 0 Å². The molecule has 1 heterocycles. The highest BCUT2D eigenvalue weighted by molar-refractivity contribution is 6.30. The van der Waals surface area contributed by atoms with Crippen molar-refractivity contribution in [1.29, 1.82) is 0 Å². The maximum Gasteiger partial charge on any atom is 0.126 e. The van der Waals surface area contributed by atoms with E-state index < -0.39 is 5.60 Å². The summed E-state index contributed by atoms with van der Waals surface area (Å²) >= 11 is 6.15. The Bertz CT molecular complexity index is 550. The number of fused-ring (bicyclic) bond motifs is 1. The molecule has 5 heteroatoms. The minimum Gasteiger partial charge on any atom is -0.493 e. The second kappa shape index (κ2) is 9.22. The van der Waals surface area contributed by atoms with Crippen LogP contribution in [0.1, 0.15) is 37.7 Å². The van der Waals surface area contributed by atoms with E-state index in [0.717, 1.165) is 56.5 Å². The Hall–Kier alpha value is -0.810. The molecule has 1 aromatic rings. The molecule has 0 bridgehead atoms. The first-order chi connectivity index (χ1) is 11.8. The molecule has 2 rings (SSSR count). The molecule has 0 amide bonds. The molecule has 0 saturated heterocycles. The summed E-state index contributed by atoms with van der Waals surface area (Å²) in [7, 11) is 8.33. The van der Waals surface area contributed by atoms with Crippen molar-refractivity contribution in [2.45, 2.75) is 37.7 Å². The van der Waals surface area contributed by atoms with Crippen LogP contribution in [0.4, 0.5) is 0 Å². The van der Waals surface area contributed by atoms with Crippen molar-refractivity contribution < 1.29 is 9.84 Å². The minimum atomic E-state index is -0.848. The zero-order chi connectivity index (χ0) is 18.4. The Labute approximate surface area is 157 Å². The number of hydrogen-bond donors (Lipinski definition) is 1. The number of hydrogen-bond acceptors (Lipinski definition) is 4. The smallest absolute Gasteiger partial charge is 0.126 e. The van der Waals surface area contributed by atoms with E-state index in [4.69, 9.17) is 16.3 Å². The van der Waals surface area contributed by atoms with Crippen molar-refractivity contribution in [2.24, 2.45) is 5.92 Å². The van der Waals surface area contributed by atoms with Crippen LogP contribution in [0.2, 0.25) is 5.02 Å². The molecule has 0 spiro atoms. The fourth-order valence-corrected chi connectivity index (χ4v) is 3.95. The van der Waals surface area contributed by atoms with Crippen molar-refractivity contribution in [2.75, 3.05) is 47.9 Å². The molecule has 0 fully saturated rings. The van der Waals surface area contributed by atoms with Crippen molar-refractivity contribution in [1.82, 2.24) is 9.80 Å². The number of benzene rings is 1. The summed E-state index contributed by atoms with van der Waals surface area (Å²) in [6.07, 6.45) is 4.66. The van der Waals surface area contributed by atoms with Crippen LogP contribution in [0.15, 0.2) is 18.2 Å². The number of aliphatic hydroxyl groups is 1. The van der Waals surface area contributed by atoms with Crippen LogP contribution in [-0.2, 0) is 5.60 Å². The van der Waals surface area contributed by atoms with Crippen LogP contribution in [-0.4, -0.2) is 62.8 Å². The van der Waals surface area contributed by atoms with Crippen molar-refractivity contribution in [3.05, 3.63) is 28.8 Å². The molecule has 0 saturated carbocycles. The minimum absolute atomic E-state index is 0.206. The van der Waals surface area contributed by atoms with E-state index in [1.54, 1.807) is 0 Å². The van der Waals surface area contributed by atoms with E-state index in [1.807, 2.05) is 18.2 Å². The van der Waals surface area contributed by atoms with Gasteiger partial charge in [-0.25, -0.2) is 0 Å². The molecule has 4 nitrogen and oxygen atoms in total. The maximum absolute atomic E-state index is 11.8. The highest BCUT2D eigenvalue weighted by Gasteiger charge is 2.41. The summed E-state index contributed by atoms with van der Waals surface area (Å²) in [5, 5.41) is 12.4. The molecule has 142 valence electrons. The third-order valence-electron chi connectivity index (χ3n) is 5.13. The highest BCUT2D eigenvalue weighted by Crippen LogP contribution is 2.45. The molecule has 1 aromatic carbocycles. The first kappa shape index (κ1) is 20.5. The lowest BCUT2D eigenvalue weighted by atomic mass is 9.74. The number of nitrogens with zero attached hydrogens (tertiary/aromatic N) is 2. The maximum atomic E-state index is 11.8. The lowest BCUT2D eigenvalue weighted by molar-refractivity contribution is -0.0399. The normalized spacial score (nSPS) is 23.4. The third kappa shape index (κ3) is 5.58. The summed E-state index contributed by atoms with van der Waals surface area (Å²) in [6.45, 7) is 2.64. The summed E-state index contributed by atoms with van der Waals surface area (Å²) in [4.78, 5) is 4.37. The molecule has 25 heavy (non-hydrogen) atoms. The molecule has 1 aliphatic heterocycles. The summed E-state index contributed by atoms with van der Waals surface area (Å²) in [6, 6.07) is 5.66. The molecule has 2 unspecified atom stereocenters. The van der Waals surface area contributed by atoms with E-state index in [2.05, 4.69) is 38.0 Å². The van der Waals surface area contributed by atoms with Gasteiger partial charge in [-0.3, -0.25) is 0 Å². The Morgan fingerprint density at radius 3 is 2.52 bits per heavy atom.